The number of hydrogen-bond donors (Lipinski definition) is 1. The van der Waals surface area contributed by atoms with Crippen LogP contribution in [-0.2, 0) is 0 Å². The molecule has 2 unspecified atom stereocenters. The lowest BCUT2D eigenvalue weighted by atomic mass is 9.97. The van der Waals surface area contributed by atoms with Gasteiger partial charge in [-0.3, -0.25) is 0 Å². The molecule has 0 spiro atoms. The summed E-state index contributed by atoms with van der Waals surface area (Å²) in [5.74, 6) is 1.79. The van der Waals surface area contributed by atoms with E-state index in [9.17, 15) is 0 Å². The maximum atomic E-state index is 5.86. The molecule has 2 fully saturated rings. The smallest absolute Gasteiger partial charge is 0.119 e. The van der Waals surface area contributed by atoms with Gasteiger partial charge in [-0.25, -0.2) is 0 Å². The third-order valence-corrected chi connectivity index (χ3v) is 4.00. The molecular formula is C15H21NO. The van der Waals surface area contributed by atoms with Crippen LogP contribution in [0.5, 0.6) is 5.75 Å². The minimum absolute atomic E-state index is 0.499. The van der Waals surface area contributed by atoms with Crippen LogP contribution in [0.4, 0.5) is 0 Å². The number of ether oxygens (including phenoxy) is 1. The molecule has 2 nitrogen and oxygen atoms in total. The number of hydrogen-bond acceptors (Lipinski definition) is 2. The standard InChI is InChI=1S/C15H21NO/c1-16-13-6-5-12(9-13)11-3-2-4-15(10-11)17-14-7-8-14/h2-4,10,12-14,16H,5-9H2,1H3. The Kier molecular flexibility index (Phi) is 3.06. The maximum Gasteiger partial charge on any atom is 0.119 e. The van der Waals surface area contributed by atoms with Crippen LogP contribution in [0.25, 0.3) is 0 Å². The molecule has 2 aliphatic carbocycles. The van der Waals surface area contributed by atoms with E-state index in [0.717, 1.165) is 11.7 Å². The highest BCUT2D eigenvalue weighted by Crippen LogP contribution is 2.36. The van der Waals surface area contributed by atoms with Crippen LogP contribution in [0.15, 0.2) is 24.3 Å². The third kappa shape index (κ3) is 2.63. The molecule has 0 aromatic heterocycles. The Bertz CT molecular complexity index is 386. The Labute approximate surface area is 103 Å². The van der Waals surface area contributed by atoms with Crippen molar-refractivity contribution in [2.24, 2.45) is 0 Å². The monoisotopic (exact) mass is 231 g/mol. The van der Waals surface area contributed by atoms with Gasteiger partial charge in [0.1, 0.15) is 5.75 Å². The zero-order valence-electron chi connectivity index (χ0n) is 10.5. The predicted octanol–water partition coefficient (Wildman–Crippen LogP) is 3.08. The van der Waals surface area contributed by atoms with E-state index in [2.05, 4.69) is 36.6 Å². The van der Waals surface area contributed by atoms with E-state index in [1.165, 1.54) is 37.7 Å². The number of nitrogens with one attached hydrogen (secondary N) is 1. The van der Waals surface area contributed by atoms with E-state index >= 15 is 0 Å². The summed E-state index contributed by atoms with van der Waals surface area (Å²) in [6.07, 6.45) is 6.83. The predicted molar refractivity (Wildman–Crippen MR) is 69.5 cm³/mol. The highest BCUT2D eigenvalue weighted by Gasteiger charge is 2.26. The van der Waals surface area contributed by atoms with Crippen molar-refractivity contribution in [1.82, 2.24) is 5.32 Å². The second kappa shape index (κ2) is 4.69. The van der Waals surface area contributed by atoms with E-state index < -0.39 is 0 Å². The highest BCUT2D eigenvalue weighted by molar-refractivity contribution is 5.32. The first kappa shape index (κ1) is 11.1. The average molecular weight is 231 g/mol. The van der Waals surface area contributed by atoms with Gasteiger partial charge in [-0.05, 0) is 62.8 Å². The van der Waals surface area contributed by atoms with Gasteiger partial charge >= 0.3 is 0 Å². The second-order valence-corrected chi connectivity index (χ2v) is 5.39. The fourth-order valence-electron chi connectivity index (χ4n) is 2.77. The molecule has 3 rings (SSSR count). The molecule has 0 saturated heterocycles. The SMILES string of the molecule is CNC1CCC(c2cccc(OC3CC3)c2)C1. The summed E-state index contributed by atoms with van der Waals surface area (Å²) in [6.45, 7) is 0. The Morgan fingerprint density at radius 3 is 2.76 bits per heavy atom. The third-order valence-electron chi connectivity index (χ3n) is 4.00. The molecule has 2 saturated carbocycles. The van der Waals surface area contributed by atoms with Crippen LogP contribution >= 0.6 is 0 Å². The van der Waals surface area contributed by atoms with Gasteiger partial charge < -0.3 is 10.1 Å². The van der Waals surface area contributed by atoms with E-state index in [0.29, 0.717) is 12.1 Å². The maximum absolute atomic E-state index is 5.86. The van der Waals surface area contributed by atoms with Crippen LogP contribution < -0.4 is 10.1 Å². The van der Waals surface area contributed by atoms with Crippen molar-refractivity contribution in [3.8, 4) is 5.75 Å². The van der Waals surface area contributed by atoms with Gasteiger partial charge in [-0.1, -0.05) is 12.1 Å². The Morgan fingerprint density at radius 2 is 2.06 bits per heavy atom. The van der Waals surface area contributed by atoms with Crippen LogP contribution in [-0.4, -0.2) is 19.2 Å². The first-order valence-electron chi connectivity index (χ1n) is 6.79. The normalized spacial score (nSPS) is 28.3. The summed E-state index contributed by atoms with van der Waals surface area (Å²) in [6, 6.07) is 9.43. The van der Waals surface area contributed by atoms with Crippen molar-refractivity contribution in [1.29, 1.82) is 0 Å². The fraction of sp³-hybridized carbons (Fsp3) is 0.600. The largest absolute Gasteiger partial charge is 0.490 e. The average Bonchev–Trinajstić information content (AvgIpc) is 3.04. The molecule has 2 heteroatoms. The van der Waals surface area contributed by atoms with E-state index in [1.807, 2.05) is 0 Å². The molecule has 1 aromatic rings. The molecule has 0 aliphatic heterocycles. The molecule has 2 atom stereocenters. The topological polar surface area (TPSA) is 21.3 Å². The zero-order chi connectivity index (χ0) is 11.7. The molecule has 2 aliphatic rings. The molecular weight excluding hydrogens is 210 g/mol. The molecule has 1 aromatic carbocycles. The lowest BCUT2D eigenvalue weighted by Gasteiger charge is -2.13. The highest BCUT2D eigenvalue weighted by atomic mass is 16.5. The lowest BCUT2D eigenvalue weighted by molar-refractivity contribution is 0.302. The van der Waals surface area contributed by atoms with Crippen molar-refractivity contribution in [2.75, 3.05) is 7.05 Å². The van der Waals surface area contributed by atoms with Crippen LogP contribution in [0, 0.1) is 0 Å². The van der Waals surface area contributed by atoms with Gasteiger partial charge in [0.25, 0.3) is 0 Å². The summed E-state index contributed by atoms with van der Waals surface area (Å²) >= 11 is 0. The van der Waals surface area contributed by atoms with Crippen LogP contribution in [0.2, 0.25) is 0 Å². The number of rotatable bonds is 4. The van der Waals surface area contributed by atoms with Crippen molar-refractivity contribution in [3.05, 3.63) is 29.8 Å². The lowest BCUT2D eigenvalue weighted by Crippen LogP contribution is -2.21. The van der Waals surface area contributed by atoms with Gasteiger partial charge in [0, 0.05) is 6.04 Å². The van der Waals surface area contributed by atoms with Crippen molar-refractivity contribution >= 4 is 0 Å². The first-order chi connectivity index (χ1) is 8.35. The van der Waals surface area contributed by atoms with E-state index in [-0.39, 0.29) is 0 Å². The summed E-state index contributed by atoms with van der Waals surface area (Å²) < 4.78 is 5.86. The van der Waals surface area contributed by atoms with E-state index in [1.54, 1.807) is 0 Å². The van der Waals surface area contributed by atoms with Crippen molar-refractivity contribution in [3.63, 3.8) is 0 Å². The Morgan fingerprint density at radius 1 is 1.18 bits per heavy atom. The zero-order valence-corrected chi connectivity index (χ0v) is 10.5. The molecule has 0 bridgehead atoms. The second-order valence-electron chi connectivity index (χ2n) is 5.39. The van der Waals surface area contributed by atoms with E-state index in [4.69, 9.17) is 4.74 Å². The summed E-state index contributed by atoms with van der Waals surface area (Å²) in [5, 5.41) is 3.39. The Hall–Kier alpha value is -1.02. The van der Waals surface area contributed by atoms with Crippen molar-refractivity contribution < 1.29 is 4.74 Å². The molecule has 0 heterocycles. The van der Waals surface area contributed by atoms with Gasteiger partial charge in [-0.15, -0.1) is 0 Å². The minimum atomic E-state index is 0.499. The van der Waals surface area contributed by atoms with Crippen LogP contribution in [0.3, 0.4) is 0 Å². The molecule has 0 radical (unpaired) electrons. The summed E-state index contributed by atoms with van der Waals surface area (Å²) in [5.41, 5.74) is 1.46. The fourth-order valence-corrected chi connectivity index (χ4v) is 2.77. The quantitative estimate of drug-likeness (QED) is 0.859. The summed E-state index contributed by atoms with van der Waals surface area (Å²) in [7, 11) is 2.07. The summed E-state index contributed by atoms with van der Waals surface area (Å²) in [4.78, 5) is 0. The van der Waals surface area contributed by atoms with Crippen LogP contribution in [0.1, 0.15) is 43.6 Å². The number of benzene rings is 1. The van der Waals surface area contributed by atoms with Gasteiger partial charge in [0.2, 0.25) is 0 Å². The van der Waals surface area contributed by atoms with Gasteiger partial charge in [0.15, 0.2) is 0 Å². The molecule has 1 N–H and O–H groups in total. The molecule has 0 amide bonds. The molecule has 92 valence electrons. The minimum Gasteiger partial charge on any atom is -0.490 e. The van der Waals surface area contributed by atoms with Crippen molar-refractivity contribution in [2.45, 2.75) is 50.2 Å². The Balaban J connectivity index is 1.69. The molecule has 17 heavy (non-hydrogen) atoms. The first-order valence-corrected chi connectivity index (χ1v) is 6.79. The van der Waals surface area contributed by atoms with Gasteiger partial charge in [0.05, 0.1) is 6.10 Å². The van der Waals surface area contributed by atoms with Gasteiger partial charge in [-0.2, -0.15) is 0 Å².